The number of rotatable bonds is 8. The van der Waals surface area contributed by atoms with Crippen LogP contribution in [0.1, 0.15) is 48.9 Å². The van der Waals surface area contributed by atoms with Crippen LogP contribution in [0.15, 0.2) is 35.4 Å². The number of piperidine rings is 2. The highest BCUT2D eigenvalue weighted by molar-refractivity contribution is 7.89. The van der Waals surface area contributed by atoms with Crippen molar-refractivity contribution in [2.75, 3.05) is 49.1 Å². The zero-order valence-corrected chi connectivity index (χ0v) is 21.9. The van der Waals surface area contributed by atoms with E-state index in [9.17, 15) is 27.1 Å². The highest BCUT2D eigenvalue weighted by atomic mass is 32.2. The van der Waals surface area contributed by atoms with Crippen LogP contribution in [0.2, 0.25) is 0 Å². The van der Waals surface area contributed by atoms with Crippen LogP contribution < -0.4 is 20.3 Å². The lowest BCUT2D eigenvalue weighted by atomic mass is 9.91. The number of benzene rings is 1. The number of primary amides is 1. The molecule has 3 fully saturated rings. The predicted octanol–water partition coefficient (Wildman–Crippen LogP) is 2.73. The monoisotopic (exact) mass is 549 g/mol. The summed E-state index contributed by atoms with van der Waals surface area (Å²) in [5.74, 6) is -2.94. The molecule has 4 N–H and O–H groups in total. The van der Waals surface area contributed by atoms with Gasteiger partial charge < -0.3 is 20.6 Å². The summed E-state index contributed by atoms with van der Waals surface area (Å²) < 4.78 is 56.8. The summed E-state index contributed by atoms with van der Waals surface area (Å²) in [5.41, 5.74) is 7.59. The van der Waals surface area contributed by atoms with Crippen LogP contribution in [0.25, 0.3) is 11.1 Å². The number of carbonyl (C=O) groups excluding carboxylic acids is 1. The molecule has 0 atom stereocenters. The average molecular weight is 550 g/mol. The third-order valence-electron chi connectivity index (χ3n) is 8.05. The summed E-state index contributed by atoms with van der Waals surface area (Å²) >= 11 is 0. The summed E-state index contributed by atoms with van der Waals surface area (Å²) in [6.45, 7) is 0.989. The maximum absolute atomic E-state index is 13.8. The minimum Gasteiger partial charge on any atom is -0.395 e. The van der Waals surface area contributed by atoms with Gasteiger partial charge in [0, 0.05) is 57.3 Å². The van der Waals surface area contributed by atoms with Gasteiger partial charge in [0.2, 0.25) is 10.0 Å². The SMILES string of the molecule is NC(=O)c1ccc(S(=O)(=O)NCCO)c(-c2ccnc(N3CCC(F)(F)CC3)c2)c1N1CCC2(CC1)CC2. The van der Waals surface area contributed by atoms with Gasteiger partial charge in [0.05, 0.1) is 22.8 Å². The number of anilines is 2. The van der Waals surface area contributed by atoms with Crippen molar-refractivity contribution in [2.45, 2.75) is 49.3 Å². The highest BCUT2D eigenvalue weighted by Crippen LogP contribution is 2.54. The van der Waals surface area contributed by atoms with Crippen LogP contribution in [0.3, 0.4) is 0 Å². The molecule has 1 aromatic carbocycles. The zero-order chi connectivity index (χ0) is 27.1. The van der Waals surface area contributed by atoms with Crippen molar-refractivity contribution in [1.29, 1.82) is 0 Å². The molecule has 1 aliphatic carbocycles. The molecule has 2 aromatic rings. The molecule has 5 rings (SSSR count). The molecule has 2 saturated heterocycles. The van der Waals surface area contributed by atoms with Gasteiger partial charge in [-0.2, -0.15) is 0 Å². The summed E-state index contributed by atoms with van der Waals surface area (Å²) in [5, 5.41) is 9.25. The number of aromatic nitrogens is 1. The largest absolute Gasteiger partial charge is 0.395 e. The standard InChI is InChI=1S/C26H33F2N5O4S/c27-26(28)8-14-32(15-9-26)21-17-18(3-10-30-21)22-20(38(36,37)31-11-16-34)2-1-19(24(29)35)23(22)33-12-6-25(4-5-25)7-13-33/h1-3,10,17,31,34H,4-9,11-16H2,(H2,29,35). The third kappa shape index (κ3) is 5.34. The molecule has 1 aromatic heterocycles. The molecule has 12 heteroatoms. The molecule has 1 saturated carbocycles. The second kappa shape index (κ2) is 10.0. The Bertz CT molecular complexity index is 1310. The first-order chi connectivity index (χ1) is 18.0. The van der Waals surface area contributed by atoms with Crippen LogP contribution in [0.4, 0.5) is 20.3 Å². The summed E-state index contributed by atoms with van der Waals surface area (Å²) in [6, 6.07) is 6.13. The minimum absolute atomic E-state index is 0.0556. The van der Waals surface area contributed by atoms with Crippen LogP contribution in [-0.4, -0.2) is 69.7 Å². The topological polar surface area (TPSA) is 129 Å². The number of aliphatic hydroxyl groups excluding tert-OH is 1. The number of pyridine rings is 1. The number of aliphatic hydroxyl groups is 1. The van der Waals surface area contributed by atoms with Crippen molar-refractivity contribution in [2.24, 2.45) is 11.1 Å². The van der Waals surface area contributed by atoms with Crippen LogP contribution in [0.5, 0.6) is 0 Å². The van der Waals surface area contributed by atoms with Gasteiger partial charge in [0.25, 0.3) is 11.8 Å². The molecule has 1 spiro atoms. The summed E-state index contributed by atoms with van der Waals surface area (Å²) in [6.07, 6.45) is 5.17. The fourth-order valence-electron chi connectivity index (χ4n) is 5.55. The number of alkyl halides is 2. The Morgan fingerprint density at radius 2 is 1.68 bits per heavy atom. The fraction of sp³-hybridized carbons (Fsp3) is 0.538. The molecule has 2 aliphatic heterocycles. The van der Waals surface area contributed by atoms with E-state index in [2.05, 4.69) is 9.71 Å². The second-order valence-corrected chi connectivity index (χ2v) is 12.3. The van der Waals surface area contributed by atoms with E-state index in [-0.39, 0.29) is 49.5 Å². The molecule has 0 radical (unpaired) electrons. The molecule has 9 nitrogen and oxygen atoms in total. The quantitative estimate of drug-likeness (QED) is 0.462. The zero-order valence-electron chi connectivity index (χ0n) is 21.1. The Morgan fingerprint density at radius 3 is 2.29 bits per heavy atom. The van der Waals surface area contributed by atoms with Crippen molar-refractivity contribution in [1.82, 2.24) is 9.71 Å². The Hall–Kier alpha value is -2.83. The van der Waals surface area contributed by atoms with Crippen molar-refractivity contribution < 1.29 is 27.1 Å². The van der Waals surface area contributed by atoms with Gasteiger partial charge in [-0.25, -0.2) is 26.9 Å². The van der Waals surface area contributed by atoms with Crippen molar-refractivity contribution in [3.8, 4) is 11.1 Å². The number of amides is 1. The number of carbonyl (C=O) groups is 1. The van der Waals surface area contributed by atoms with Gasteiger partial charge in [-0.15, -0.1) is 0 Å². The number of nitrogens with two attached hydrogens (primary N) is 1. The minimum atomic E-state index is -4.09. The lowest BCUT2D eigenvalue weighted by molar-refractivity contribution is -0.0221. The molecule has 3 heterocycles. The first-order valence-corrected chi connectivity index (χ1v) is 14.4. The van der Waals surface area contributed by atoms with Crippen LogP contribution in [0, 0.1) is 5.41 Å². The van der Waals surface area contributed by atoms with E-state index < -0.39 is 21.9 Å². The number of halogens is 2. The molecule has 38 heavy (non-hydrogen) atoms. The molecular weight excluding hydrogens is 516 g/mol. The van der Waals surface area contributed by atoms with Crippen molar-refractivity contribution in [3.63, 3.8) is 0 Å². The Kier molecular flexibility index (Phi) is 7.08. The lowest BCUT2D eigenvalue weighted by Crippen LogP contribution is -2.39. The lowest BCUT2D eigenvalue weighted by Gasteiger charge is -2.36. The smallest absolute Gasteiger partial charge is 0.251 e. The maximum Gasteiger partial charge on any atom is 0.251 e. The number of nitrogens with zero attached hydrogens (tertiary/aromatic N) is 3. The van der Waals surface area contributed by atoms with Crippen LogP contribution in [-0.2, 0) is 10.0 Å². The second-order valence-electron chi connectivity index (χ2n) is 10.6. The molecular formula is C26H33F2N5O4S. The first kappa shape index (κ1) is 26.8. The first-order valence-electron chi connectivity index (χ1n) is 13.0. The Balaban J connectivity index is 1.64. The van der Waals surface area contributed by atoms with Gasteiger partial charge in [0.1, 0.15) is 5.82 Å². The van der Waals surface area contributed by atoms with Crippen molar-refractivity contribution in [3.05, 3.63) is 36.0 Å². The van der Waals surface area contributed by atoms with E-state index in [0.717, 1.165) is 12.8 Å². The molecule has 3 aliphatic rings. The van der Waals surface area contributed by atoms with Gasteiger partial charge in [-0.1, -0.05) is 0 Å². The highest BCUT2D eigenvalue weighted by Gasteiger charge is 2.45. The average Bonchev–Trinajstić information content (AvgIpc) is 3.65. The van der Waals surface area contributed by atoms with E-state index in [1.54, 1.807) is 17.0 Å². The molecule has 0 unspecified atom stereocenters. The van der Waals surface area contributed by atoms with Crippen molar-refractivity contribution >= 4 is 27.4 Å². The van der Waals surface area contributed by atoms with Crippen LogP contribution >= 0.6 is 0 Å². The van der Waals surface area contributed by atoms with Gasteiger partial charge >= 0.3 is 0 Å². The summed E-state index contributed by atoms with van der Waals surface area (Å²) in [4.78, 5) is 20.7. The van der Waals surface area contributed by atoms with E-state index in [0.29, 0.717) is 41.1 Å². The molecule has 1 amide bonds. The normalized spacial score (nSPS) is 20.5. The maximum atomic E-state index is 13.8. The predicted molar refractivity (Wildman–Crippen MR) is 140 cm³/mol. The fourth-order valence-corrected chi connectivity index (χ4v) is 6.80. The summed E-state index contributed by atoms with van der Waals surface area (Å²) in [7, 11) is -4.09. The number of hydrogen-bond donors (Lipinski definition) is 3. The molecule has 0 bridgehead atoms. The Labute approximate surface area is 221 Å². The molecule has 206 valence electrons. The van der Waals surface area contributed by atoms with E-state index in [1.165, 1.54) is 31.2 Å². The number of hydrogen-bond acceptors (Lipinski definition) is 7. The van der Waals surface area contributed by atoms with Gasteiger partial charge in [-0.3, -0.25) is 4.79 Å². The number of nitrogens with one attached hydrogen (secondary N) is 1. The van der Waals surface area contributed by atoms with Gasteiger partial charge in [-0.05, 0) is 60.9 Å². The van der Waals surface area contributed by atoms with E-state index in [1.807, 2.05) is 4.90 Å². The van der Waals surface area contributed by atoms with E-state index in [4.69, 9.17) is 5.73 Å². The van der Waals surface area contributed by atoms with Gasteiger partial charge in [0.15, 0.2) is 0 Å². The third-order valence-corrected chi connectivity index (χ3v) is 9.55. The Morgan fingerprint density at radius 1 is 1.03 bits per heavy atom. The van der Waals surface area contributed by atoms with E-state index >= 15 is 0 Å². The number of sulfonamides is 1.